The van der Waals surface area contributed by atoms with Crippen LogP contribution in [0.1, 0.15) is 31.2 Å². The number of nitrogens with two attached hydrogens (primary N) is 1. The molecule has 1 aliphatic rings. The highest BCUT2D eigenvalue weighted by Crippen LogP contribution is 2.29. The summed E-state index contributed by atoms with van der Waals surface area (Å²) in [5.74, 6) is 0.595. The fraction of sp³-hybridized carbons (Fsp3) is 0.333. The van der Waals surface area contributed by atoms with Gasteiger partial charge >= 0.3 is 0 Å². The maximum Gasteiger partial charge on any atom is 0.155 e. The Bertz CT molecular complexity index is 454. The van der Waals surface area contributed by atoms with E-state index in [1.54, 1.807) is 12.1 Å². The number of nitrogens with zero attached hydrogens (tertiary/aromatic N) is 1. The summed E-state index contributed by atoms with van der Waals surface area (Å²) in [6, 6.07) is 1.77. The molecule has 0 saturated heterocycles. The third kappa shape index (κ3) is 2.42. The van der Waals surface area contributed by atoms with Crippen molar-refractivity contribution in [3.05, 3.63) is 28.9 Å². The summed E-state index contributed by atoms with van der Waals surface area (Å²) in [5.41, 5.74) is 7.54. The van der Waals surface area contributed by atoms with Crippen LogP contribution < -0.4 is 5.73 Å². The van der Waals surface area contributed by atoms with Crippen molar-refractivity contribution in [1.29, 1.82) is 0 Å². The molecule has 4 heteroatoms. The van der Waals surface area contributed by atoms with Gasteiger partial charge in [0.2, 0.25) is 0 Å². The molecule has 3 nitrogen and oxygen atoms in total. The van der Waals surface area contributed by atoms with Crippen molar-refractivity contribution in [3.63, 3.8) is 0 Å². The van der Waals surface area contributed by atoms with Crippen LogP contribution in [0.3, 0.4) is 0 Å². The zero-order valence-electron chi connectivity index (χ0n) is 8.87. The monoisotopic (exact) mass is 236 g/mol. The molecule has 84 valence electrons. The molecule has 1 heterocycles. The van der Waals surface area contributed by atoms with Gasteiger partial charge in [0, 0.05) is 18.2 Å². The van der Waals surface area contributed by atoms with Gasteiger partial charge in [-0.3, -0.25) is 4.79 Å². The molecule has 2 N–H and O–H groups in total. The maximum atomic E-state index is 11.5. The van der Waals surface area contributed by atoms with E-state index in [1.165, 1.54) is 6.20 Å². The van der Waals surface area contributed by atoms with Crippen molar-refractivity contribution >= 4 is 28.8 Å². The SMILES string of the molecule is Nc1ncc(Cl)cc1C1=CC(=O)CCCC1. The van der Waals surface area contributed by atoms with Crippen LogP contribution in [-0.2, 0) is 4.79 Å². The average Bonchev–Trinajstić information content (AvgIpc) is 2.46. The lowest BCUT2D eigenvalue weighted by Crippen LogP contribution is -1.98. The van der Waals surface area contributed by atoms with E-state index in [0.717, 1.165) is 30.4 Å². The number of allylic oxidation sites excluding steroid dienone is 2. The summed E-state index contributed by atoms with van der Waals surface area (Å²) in [6.07, 6.45) is 6.61. The molecule has 0 fully saturated rings. The fourth-order valence-electron chi connectivity index (χ4n) is 1.87. The van der Waals surface area contributed by atoms with E-state index in [4.69, 9.17) is 17.3 Å². The molecule has 0 aliphatic heterocycles. The number of pyridine rings is 1. The molecule has 2 rings (SSSR count). The van der Waals surface area contributed by atoms with E-state index in [0.29, 0.717) is 17.3 Å². The number of ketones is 1. The highest BCUT2D eigenvalue weighted by Gasteiger charge is 2.13. The van der Waals surface area contributed by atoms with Crippen molar-refractivity contribution in [2.45, 2.75) is 25.7 Å². The van der Waals surface area contributed by atoms with Gasteiger partial charge in [0.05, 0.1) is 5.02 Å². The highest BCUT2D eigenvalue weighted by molar-refractivity contribution is 6.30. The first-order chi connectivity index (χ1) is 7.66. The molecule has 0 amide bonds. The van der Waals surface area contributed by atoms with Crippen LogP contribution in [0.25, 0.3) is 5.57 Å². The Labute approximate surface area is 99.3 Å². The van der Waals surface area contributed by atoms with E-state index >= 15 is 0 Å². The van der Waals surface area contributed by atoms with Gasteiger partial charge in [-0.05, 0) is 37.0 Å². The van der Waals surface area contributed by atoms with Gasteiger partial charge in [-0.2, -0.15) is 0 Å². The summed E-state index contributed by atoms with van der Waals surface area (Å²) in [4.78, 5) is 15.5. The van der Waals surface area contributed by atoms with E-state index in [9.17, 15) is 4.79 Å². The predicted molar refractivity (Wildman–Crippen MR) is 65.1 cm³/mol. The molecular formula is C12H13ClN2O. The zero-order valence-corrected chi connectivity index (χ0v) is 9.63. The van der Waals surface area contributed by atoms with Crippen molar-refractivity contribution in [2.24, 2.45) is 0 Å². The number of carbonyl (C=O) groups is 1. The second kappa shape index (κ2) is 4.66. The number of halogens is 1. The topological polar surface area (TPSA) is 56.0 Å². The predicted octanol–water partition coefficient (Wildman–Crippen LogP) is 2.84. The number of hydrogen-bond donors (Lipinski definition) is 1. The van der Waals surface area contributed by atoms with Gasteiger partial charge in [-0.25, -0.2) is 4.98 Å². The van der Waals surface area contributed by atoms with Gasteiger partial charge < -0.3 is 5.73 Å². The van der Waals surface area contributed by atoms with Crippen LogP contribution in [0.2, 0.25) is 5.02 Å². The number of carbonyl (C=O) groups excluding carboxylic acids is 1. The van der Waals surface area contributed by atoms with Crippen LogP contribution in [-0.4, -0.2) is 10.8 Å². The van der Waals surface area contributed by atoms with Gasteiger partial charge in [0.25, 0.3) is 0 Å². The number of aromatic nitrogens is 1. The van der Waals surface area contributed by atoms with Crippen LogP contribution >= 0.6 is 11.6 Å². The Morgan fingerprint density at radius 3 is 2.88 bits per heavy atom. The molecule has 0 atom stereocenters. The molecule has 0 aromatic carbocycles. The van der Waals surface area contributed by atoms with Crippen molar-refractivity contribution in [2.75, 3.05) is 5.73 Å². The average molecular weight is 237 g/mol. The highest BCUT2D eigenvalue weighted by atomic mass is 35.5. The summed E-state index contributed by atoms with van der Waals surface area (Å²) in [6.45, 7) is 0. The Morgan fingerprint density at radius 2 is 2.06 bits per heavy atom. The lowest BCUT2D eigenvalue weighted by Gasteiger charge is -2.08. The van der Waals surface area contributed by atoms with Crippen LogP contribution in [0.4, 0.5) is 5.82 Å². The Hall–Kier alpha value is -1.35. The van der Waals surface area contributed by atoms with Gasteiger partial charge in [0.15, 0.2) is 5.78 Å². The number of anilines is 1. The Balaban J connectivity index is 2.42. The minimum Gasteiger partial charge on any atom is -0.383 e. The van der Waals surface area contributed by atoms with E-state index < -0.39 is 0 Å². The van der Waals surface area contributed by atoms with E-state index in [2.05, 4.69) is 4.98 Å². The third-order valence-corrected chi connectivity index (χ3v) is 2.89. The normalized spacial score (nSPS) is 16.8. The molecule has 1 aliphatic carbocycles. The molecule has 0 bridgehead atoms. The molecule has 0 saturated carbocycles. The van der Waals surface area contributed by atoms with Gasteiger partial charge in [-0.1, -0.05) is 11.6 Å². The molecular weight excluding hydrogens is 224 g/mol. The number of rotatable bonds is 1. The molecule has 0 radical (unpaired) electrons. The zero-order chi connectivity index (χ0) is 11.5. The van der Waals surface area contributed by atoms with Gasteiger partial charge in [0.1, 0.15) is 5.82 Å². The maximum absolute atomic E-state index is 11.5. The second-order valence-corrected chi connectivity index (χ2v) is 4.37. The van der Waals surface area contributed by atoms with Crippen LogP contribution in [0.5, 0.6) is 0 Å². The first kappa shape index (κ1) is 11.1. The lowest BCUT2D eigenvalue weighted by molar-refractivity contribution is -0.114. The summed E-state index contributed by atoms with van der Waals surface area (Å²) in [7, 11) is 0. The Morgan fingerprint density at radius 1 is 1.31 bits per heavy atom. The fourth-order valence-corrected chi connectivity index (χ4v) is 2.03. The number of nitrogen functional groups attached to an aromatic ring is 1. The molecule has 1 aromatic heterocycles. The standard InChI is InChI=1S/C12H13ClN2O/c13-9-6-11(12(14)15-7-9)8-3-1-2-4-10(16)5-8/h5-7H,1-4H2,(H2,14,15). The summed E-state index contributed by atoms with van der Waals surface area (Å²) < 4.78 is 0. The van der Waals surface area contributed by atoms with Crippen LogP contribution in [0.15, 0.2) is 18.3 Å². The third-order valence-electron chi connectivity index (χ3n) is 2.69. The summed E-state index contributed by atoms with van der Waals surface area (Å²) in [5, 5.41) is 0.543. The van der Waals surface area contributed by atoms with Crippen molar-refractivity contribution < 1.29 is 4.79 Å². The van der Waals surface area contributed by atoms with Crippen molar-refractivity contribution in [1.82, 2.24) is 4.98 Å². The first-order valence-corrected chi connectivity index (χ1v) is 5.69. The van der Waals surface area contributed by atoms with E-state index in [1.807, 2.05) is 0 Å². The summed E-state index contributed by atoms with van der Waals surface area (Å²) >= 11 is 5.88. The van der Waals surface area contributed by atoms with E-state index in [-0.39, 0.29) is 5.78 Å². The number of hydrogen-bond acceptors (Lipinski definition) is 3. The minimum absolute atomic E-state index is 0.159. The quantitative estimate of drug-likeness (QED) is 0.816. The Kier molecular flexibility index (Phi) is 3.25. The first-order valence-electron chi connectivity index (χ1n) is 5.31. The van der Waals surface area contributed by atoms with Gasteiger partial charge in [-0.15, -0.1) is 0 Å². The van der Waals surface area contributed by atoms with Crippen LogP contribution in [0, 0.1) is 0 Å². The minimum atomic E-state index is 0.159. The second-order valence-electron chi connectivity index (χ2n) is 3.93. The molecule has 16 heavy (non-hydrogen) atoms. The lowest BCUT2D eigenvalue weighted by atomic mass is 10.0. The molecule has 0 spiro atoms. The largest absolute Gasteiger partial charge is 0.383 e. The smallest absolute Gasteiger partial charge is 0.155 e. The van der Waals surface area contributed by atoms with Crippen molar-refractivity contribution in [3.8, 4) is 0 Å². The molecule has 1 aromatic rings. The molecule has 0 unspecified atom stereocenters.